The minimum atomic E-state index is -0.703. The molecular formula is C19H15ClN2O7. The van der Waals surface area contributed by atoms with Gasteiger partial charge >= 0.3 is 5.97 Å². The number of carbonyl (C=O) groups excluding carboxylic acids is 1. The van der Waals surface area contributed by atoms with Crippen LogP contribution in [0.15, 0.2) is 41.0 Å². The van der Waals surface area contributed by atoms with E-state index in [9.17, 15) is 14.9 Å². The second kappa shape index (κ2) is 8.19. The summed E-state index contributed by atoms with van der Waals surface area (Å²) in [5.74, 6) is 0.572. The Morgan fingerprint density at radius 1 is 1.07 bits per heavy atom. The van der Waals surface area contributed by atoms with E-state index in [0.717, 1.165) is 6.07 Å². The van der Waals surface area contributed by atoms with E-state index < -0.39 is 10.9 Å². The number of nitrogens with zero attached hydrogens (tertiary/aromatic N) is 2. The van der Waals surface area contributed by atoms with Crippen molar-refractivity contribution in [2.24, 2.45) is 4.99 Å². The molecule has 0 unspecified atom stereocenters. The average molecular weight is 419 g/mol. The van der Waals surface area contributed by atoms with Crippen molar-refractivity contribution in [3.05, 3.63) is 62.3 Å². The molecule has 0 N–H and O–H groups in total. The molecule has 0 radical (unpaired) electrons. The molecule has 2 aromatic rings. The van der Waals surface area contributed by atoms with E-state index in [0.29, 0.717) is 22.8 Å². The molecule has 0 aromatic heterocycles. The highest BCUT2D eigenvalue weighted by Gasteiger charge is 2.27. The number of carbonyl (C=O) groups is 1. The molecule has 0 spiro atoms. The summed E-state index contributed by atoms with van der Waals surface area (Å²) in [5.41, 5.74) is 0.583. The highest BCUT2D eigenvalue weighted by atomic mass is 35.5. The van der Waals surface area contributed by atoms with Crippen molar-refractivity contribution in [1.82, 2.24) is 0 Å². The van der Waals surface area contributed by atoms with E-state index in [1.807, 2.05) is 0 Å². The molecule has 10 heteroatoms. The van der Waals surface area contributed by atoms with E-state index in [1.54, 1.807) is 12.1 Å². The largest absolute Gasteiger partial charge is 0.496 e. The lowest BCUT2D eigenvalue weighted by Gasteiger charge is -2.12. The first-order valence-electron chi connectivity index (χ1n) is 8.14. The molecule has 0 amide bonds. The summed E-state index contributed by atoms with van der Waals surface area (Å²) in [6.07, 6.45) is 1.47. The van der Waals surface area contributed by atoms with Crippen molar-refractivity contribution in [1.29, 1.82) is 0 Å². The summed E-state index contributed by atoms with van der Waals surface area (Å²) in [6, 6.07) is 7.02. The van der Waals surface area contributed by atoms with Gasteiger partial charge in [0.1, 0.15) is 5.75 Å². The van der Waals surface area contributed by atoms with Crippen molar-refractivity contribution in [2.45, 2.75) is 0 Å². The summed E-state index contributed by atoms with van der Waals surface area (Å²) in [6.45, 7) is 0. The number of benzene rings is 2. The molecule has 150 valence electrons. The number of ether oxygens (including phenoxy) is 4. The van der Waals surface area contributed by atoms with E-state index >= 15 is 0 Å². The molecule has 0 bridgehead atoms. The number of esters is 1. The van der Waals surface area contributed by atoms with Crippen molar-refractivity contribution in [3.63, 3.8) is 0 Å². The van der Waals surface area contributed by atoms with E-state index in [1.165, 1.54) is 39.5 Å². The molecule has 29 heavy (non-hydrogen) atoms. The Morgan fingerprint density at radius 3 is 2.31 bits per heavy atom. The monoisotopic (exact) mass is 418 g/mol. The average Bonchev–Trinajstić information content (AvgIpc) is 3.07. The number of hydrogen-bond donors (Lipinski definition) is 0. The van der Waals surface area contributed by atoms with E-state index in [-0.39, 0.29) is 27.9 Å². The van der Waals surface area contributed by atoms with Crippen LogP contribution in [0.25, 0.3) is 6.08 Å². The topological polar surface area (TPSA) is 109 Å². The predicted molar refractivity (Wildman–Crippen MR) is 105 cm³/mol. The summed E-state index contributed by atoms with van der Waals surface area (Å²) in [5, 5.41) is 10.9. The van der Waals surface area contributed by atoms with Crippen molar-refractivity contribution in [3.8, 4) is 17.2 Å². The second-order valence-corrected chi connectivity index (χ2v) is 6.11. The molecule has 1 aliphatic rings. The summed E-state index contributed by atoms with van der Waals surface area (Å²) in [7, 11) is 4.45. The van der Waals surface area contributed by atoms with Gasteiger partial charge in [0, 0.05) is 23.8 Å². The quantitative estimate of drug-likeness (QED) is 0.305. The van der Waals surface area contributed by atoms with Crippen LogP contribution in [0, 0.1) is 10.1 Å². The zero-order chi connectivity index (χ0) is 21.1. The number of hydrogen-bond acceptors (Lipinski definition) is 8. The van der Waals surface area contributed by atoms with Crippen LogP contribution in [-0.4, -0.2) is 38.1 Å². The summed E-state index contributed by atoms with van der Waals surface area (Å²) < 4.78 is 21.0. The smallest absolute Gasteiger partial charge is 0.363 e. The molecule has 0 fully saturated rings. The molecular weight excluding hydrogens is 404 g/mol. The van der Waals surface area contributed by atoms with Gasteiger partial charge in [-0.15, -0.1) is 0 Å². The fraction of sp³-hybridized carbons (Fsp3) is 0.158. The number of rotatable bonds is 6. The van der Waals surface area contributed by atoms with Crippen LogP contribution >= 0.6 is 11.6 Å². The van der Waals surface area contributed by atoms with Crippen molar-refractivity contribution in [2.75, 3.05) is 21.3 Å². The Balaban J connectivity index is 2.02. The van der Waals surface area contributed by atoms with Crippen LogP contribution in [0.1, 0.15) is 11.1 Å². The maximum atomic E-state index is 12.3. The van der Waals surface area contributed by atoms with Gasteiger partial charge in [-0.25, -0.2) is 9.79 Å². The van der Waals surface area contributed by atoms with Crippen molar-refractivity contribution < 1.29 is 28.7 Å². The van der Waals surface area contributed by atoms with Crippen molar-refractivity contribution >= 4 is 35.2 Å². The SMILES string of the molecule is COc1cc(OC)c(OC)cc1/C=C1/N=C(c2ccc([N+](=O)[O-])cc2Cl)OC1=O. The van der Waals surface area contributed by atoms with Crippen LogP contribution in [-0.2, 0) is 9.53 Å². The van der Waals surface area contributed by atoms with Gasteiger partial charge in [-0.3, -0.25) is 10.1 Å². The molecule has 0 atom stereocenters. The molecule has 2 aromatic carbocycles. The zero-order valence-corrected chi connectivity index (χ0v) is 16.4. The highest BCUT2D eigenvalue weighted by Crippen LogP contribution is 2.36. The van der Waals surface area contributed by atoms with Gasteiger partial charge in [0.15, 0.2) is 17.2 Å². The molecule has 0 aliphatic carbocycles. The lowest BCUT2D eigenvalue weighted by molar-refractivity contribution is -0.384. The Morgan fingerprint density at radius 2 is 1.72 bits per heavy atom. The standard InChI is InChI=1S/C19H15ClN2O7/c1-26-15-9-17(28-3)16(27-2)7-10(15)6-14-19(23)29-18(21-14)12-5-4-11(22(24)25)8-13(12)20/h4-9H,1-3H3/b14-6+. The minimum absolute atomic E-state index is 0.0000562. The van der Waals surface area contributed by atoms with Gasteiger partial charge in [-0.1, -0.05) is 11.6 Å². The summed E-state index contributed by atoms with van der Waals surface area (Å²) >= 11 is 6.08. The molecule has 3 rings (SSSR count). The first-order valence-corrected chi connectivity index (χ1v) is 8.52. The number of aliphatic imine (C=N–C) groups is 1. The van der Waals surface area contributed by atoms with Crippen LogP contribution in [0.3, 0.4) is 0 Å². The van der Waals surface area contributed by atoms with Gasteiger partial charge in [0.25, 0.3) is 5.69 Å². The summed E-state index contributed by atoms with van der Waals surface area (Å²) in [4.78, 5) is 26.7. The van der Waals surface area contributed by atoms with Crippen LogP contribution in [0.5, 0.6) is 17.2 Å². The molecule has 0 saturated heterocycles. The van der Waals surface area contributed by atoms with Gasteiger partial charge in [-0.2, -0.15) is 0 Å². The molecule has 1 heterocycles. The first kappa shape index (κ1) is 20.2. The van der Waals surface area contributed by atoms with Gasteiger partial charge in [-0.05, 0) is 18.2 Å². The Bertz CT molecular complexity index is 1060. The Labute approximate surface area is 170 Å². The Kier molecular flexibility index (Phi) is 5.69. The third-order valence-corrected chi connectivity index (χ3v) is 4.36. The number of nitro benzene ring substituents is 1. The maximum Gasteiger partial charge on any atom is 0.363 e. The van der Waals surface area contributed by atoms with Gasteiger partial charge in [0.05, 0.1) is 36.8 Å². The molecule has 1 aliphatic heterocycles. The molecule has 9 nitrogen and oxygen atoms in total. The molecule has 0 saturated carbocycles. The highest BCUT2D eigenvalue weighted by molar-refractivity contribution is 6.34. The third kappa shape index (κ3) is 3.99. The fourth-order valence-electron chi connectivity index (χ4n) is 2.63. The zero-order valence-electron chi connectivity index (χ0n) is 15.6. The first-order chi connectivity index (χ1) is 13.9. The van der Waals surface area contributed by atoms with Crippen LogP contribution < -0.4 is 14.2 Å². The number of methoxy groups -OCH3 is 3. The number of non-ortho nitro benzene ring substituents is 1. The second-order valence-electron chi connectivity index (χ2n) is 5.71. The van der Waals surface area contributed by atoms with E-state index in [4.69, 9.17) is 30.5 Å². The minimum Gasteiger partial charge on any atom is -0.496 e. The van der Waals surface area contributed by atoms with Crippen LogP contribution in [0.4, 0.5) is 5.69 Å². The number of halogens is 1. The van der Waals surface area contributed by atoms with E-state index in [2.05, 4.69) is 4.99 Å². The lowest BCUT2D eigenvalue weighted by atomic mass is 10.1. The lowest BCUT2D eigenvalue weighted by Crippen LogP contribution is -2.06. The normalized spacial score (nSPS) is 14.4. The number of nitro groups is 1. The van der Waals surface area contributed by atoms with Gasteiger partial charge in [0.2, 0.25) is 5.90 Å². The third-order valence-electron chi connectivity index (χ3n) is 4.04. The van der Waals surface area contributed by atoms with Gasteiger partial charge < -0.3 is 18.9 Å². The number of cyclic esters (lactones) is 1. The fourth-order valence-corrected chi connectivity index (χ4v) is 2.88. The maximum absolute atomic E-state index is 12.3. The van der Waals surface area contributed by atoms with Crippen LogP contribution in [0.2, 0.25) is 5.02 Å². The Hall–Kier alpha value is -3.59. The predicted octanol–water partition coefficient (Wildman–Crippen LogP) is 3.62.